The first-order chi connectivity index (χ1) is 8.19. The normalized spacial score (nSPS) is 13.0. The van der Waals surface area contributed by atoms with Crippen molar-refractivity contribution in [1.29, 1.82) is 0 Å². The van der Waals surface area contributed by atoms with E-state index < -0.39 is 22.0 Å². The number of nitrogen functional groups attached to an aromatic ring is 1. The van der Waals surface area contributed by atoms with Gasteiger partial charge in [-0.05, 0) is 30.2 Å². The quantitative estimate of drug-likeness (QED) is 0.793. The van der Waals surface area contributed by atoms with Crippen molar-refractivity contribution >= 4 is 21.6 Å². The number of anilines is 1. The van der Waals surface area contributed by atoms with Gasteiger partial charge in [0.2, 0.25) is 0 Å². The van der Waals surface area contributed by atoms with Crippen LogP contribution in [0.25, 0.3) is 0 Å². The summed E-state index contributed by atoms with van der Waals surface area (Å²) in [7, 11) is -3.21. The Balaban J connectivity index is 3.14. The molecule has 0 bridgehead atoms. The Hall–Kier alpha value is -1.76. The predicted octanol–water partition coefficient (Wildman–Crippen LogP) is 0.970. The second-order valence-corrected chi connectivity index (χ2v) is 6.25. The zero-order chi connectivity index (χ0) is 13.9. The number of benzene rings is 1. The van der Waals surface area contributed by atoms with Crippen LogP contribution in [0.2, 0.25) is 0 Å². The third-order valence-electron chi connectivity index (χ3n) is 2.32. The lowest BCUT2D eigenvalue weighted by atomic mass is 10.0. The highest BCUT2D eigenvalue weighted by Crippen LogP contribution is 2.24. The van der Waals surface area contributed by atoms with Gasteiger partial charge in [-0.15, -0.1) is 0 Å². The molecule has 0 saturated heterocycles. The molecule has 1 aromatic rings. The molecule has 0 radical (unpaired) electrons. The second-order valence-electron chi connectivity index (χ2n) is 4.11. The van der Waals surface area contributed by atoms with E-state index in [1.54, 1.807) is 25.1 Å². The molecule has 1 unspecified atom stereocenters. The van der Waals surface area contributed by atoms with Gasteiger partial charge in [0.1, 0.15) is 6.10 Å². The third-order valence-corrected chi connectivity index (χ3v) is 3.15. The molecule has 4 N–H and O–H groups in total. The van der Waals surface area contributed by atoms with Crippen LogP contribution in [0.3, 0.4) is 0 Å². The van der Waals surface area contributed by atoms with Crippen LogP contribution in [0.1, 0.15) is 24.2 Å². The van der Waals surface area contributed by atoms with Gasteiger partial charge in [-0.1, -0.05) is 6.07 Å². The van der Waals surface area contributed by atoms with Gasteiger partial charge in [0.15, 0.2) is 9.84 Å². The number of primary amides is 1. The maximum absolute atomic E-state index is 11.3. The first-order valence-corrected chi connectivity index (χ1v) is 7.27. The Kier molecular flexibility index (Phi) is 4.18. The summed E-state index contributed by atoms with van der Waals surface area (Å²) in [5.74, 6) is -0.167. The Morgan fingerprint density at radius 3 is 2.56 bits per heavy atom. The molecule has 1 atom stereocenters. The van der Waals surface area contributed by atoms with Crippen LogP contribution in [-0.2, 0) is 20.3 Å². The summed E-state index contributed by atoms with van der Waals surface area (Å²) in [5.41, 5.74) is 12.1. The number of hydrogen-bond acceptors (Lipinski definition) is 5. The van der Waals surface area contributed by atoms with Crippen molar-refractivity contribution in [3.63, 3.8) is 0 Å². The molecular formula is C11H16N2O4S. The average Bonchev–Trinajstić information content (AvgIpc) is 2.13. The Labute approximate surface area is 106 Å². The highest BCUT2D eigenvalue weighted by atomic mass is 32.2. The number of carbonyl (C=O) groups is 1. The number of nitrogens with two attached hydrogens (primary N) is 2. The summed E-state index contributed by atoms with van der Waals surface area (Å²) < 4.78 is 27.5. The van der Waals surface area contributed by atoms with E-state index in [-0.39, 0.29) is 5.75 Å². The maximum Gasteiger partial charge on any atom is 0.405 e. The van der Waals surface area contributed by atoms with Gasteiger partial charge in [0.05, 0.1) is 5.75 Å². The first kappa shape index (κ1) is 14.3. The lowest BCUT2D eigenvalue weighted by molar-refractivity contribution is 0.116. The summed E-state index contributed by atoms with van der Waals surface area (Å²) in [6, 6.07) is 4.79. The molecule has 0 heterocycles. The van der Waals surface area contributed by atoms with Crippen molar-refractivity contribution < 1.29 is 17.9 Å². The fraction of sp³-hybridized carbons (Fsp3) is 0.364. The Morgan fingerprint density at radius 1 is 1.44 bits per heavy atom. The molecule has 0 aliphatic rings. The van der Waals surface area contributed by atoms with E-state index in [0.29, 0.717) is 16.8 Å². The standard InChI is InChI=1S/C11H16N2O4S/c1-7(17-11(13)14)10-4-3-9(12)5-8(10)6-18(2,15)16/h3-5,7H,6,12H2,1-2H3,(H2,13,14). The van der Waals surface area contributed by atoms with Crippen LogP contribution in [-0.4, -0.2) is 20.8 Å². The minimum atomic E-state index is -3.21. The van der Waals surface area contributed by atoms with E-state index in [1.807, 2.05) is 0 Å². The fourth-order valence-corrected chi connectivity index (χ4v) is 2.48. The van der Waals surface area contributed by atoms with Crippen LogP contribution in [0.4, 0.5) is 10.5 Å². The van der Waals surface area contributed by atoms with Crippen LogP contribution < -0.4 is 11.5 Å². The third kappa shape index (κ3) is 4.25. The molecule has 7 heteroatoms. The van der Waals surface area contributed by atoms with Crippen molar-refractivity contribution in [2.75, 3.05) is 12.0 Å². The molecule has 0 aliphatic carbocycles. The number of amides is 1. The molecule has 0 fully saturated rings. The highest BCUT2D eigenvalue weighted by molar-refractivity contribution is 7.89. The number of ether oxygens (including phenoxy) is 1. The number of hydrogen-bond donors (Lipinski definition) is 2. The molecule has 6 nitrogen and oxygen atoms in total. The maximum atomic E-state index is 11.3. The molecule has 0 saturated carbocycles. The van der Waals surface area contributed by atoms with Gasteiger partial charge in [-0.2, -0.15) is 0 Å². The molecular weight excluding hydrogens is 256 g/mol. The van der Waals surface area contributed by atoms with Gasteiger partial charge in [-0.3, -0.25) is 0 Å². The molecule has 100 valence electrons. The SMILES string of the molecule is CC(OC(N)=O)c1ccc(N)cc1CS(C)(=O)=O. The largest absolute Gasteiger partial charge is 0.442 e. The van der Waals surface area contributed by atoms with Crippen LogP contribution in [0.5, 0.6) is 0 Å². The summed E-state index contributed by atoms with van der Waals surface area (Å²) in [5, 5.41) is 0. The van der Waals surface area contributed by atoms with Crippen LogP contribution in [0.15, 0.2) is 18.2 Å². The van der Waals surface area contributed by atoms with E-state index in [1.165, 1.54) is 0 Å². The van der Waals surface area contributed by atoms with Crippen molar-refractivity contribution in [2.45, 2.75) is 18.8 Å². The van der Waals surface area contributed by atoms with E-state index in [4.69, 9.17) is 16.2 Å². The second kappa shape index (κ2) is 5.26. The molecule has 18 heavy (non-hydrogen) atoms. The van der Waals surface area contributed by atoms with E-state index in [2.05, 4.69) is 0 Å². The van der Waals surface area contributed by atoms with Crippen molar-refractivity contribution in [2.24, 2.45) is 5.73 Å². The topological polar surface area (TPSA) is 112 Å². The van der Waals surface area contributed by atoms with Gasteiger partial charge in [0, 0.05) is 11.9 Å². The van der Waals surface area contributed by atoms with E-state index >= 15 is 0 Å². The minimum Gasteiger partial charge on any atom is -0.442 e. The van der Waals surface area contributed by atoms with Gasteiger partial charge >= 0.3 is 6.09 Å². The average molecular weight is 272 g/mol. The van der Waals surface area contributed by atoms with E-state index in [9.17, 15) is 13.2 Å². The lowest BCUT2D eigenvalue weighted by Gasteiger charge is -2.16. The summed E-state index contributed by atoms with van der Waals surface area (Å²) in [6.07, 6.45) is -0.413. The Morgan fingerprint density at radius 2 is 2.06 bits per heavy atom. The van der Waals surface area contributed by atoms with Crippen LogP contribution >= 0.6 is 0 Å². The van der Waals surface area contributed by atoms with Crippen molar-refractivity contribution in [3.05, 3.63) is 29.3 Å². The van der Waals surface area contributed by atoms with E-state index in [0.717, 1.165) is 6.26 Å². The summed E-state index contributed by atoms with van der Waals surface area (Å²) >= 11 is 0. The molecule has 0 spiro atoms. The molecule has 1 rings (SSSR count). The predicted molar refractivity (Wildman–Crippen MR) is 68.5 cm³/mol. The number of rotatable bonds is 4. The molecule has 0 aromatic heterocycles. The smallest absolute Gasteiger partial charge is 0.405 e. The zero-order valence-corrected chi connectivity index (χ0v) is 11.0. The van der Waals surface area contributed by atoms with Gasteiger partial charge < -0.3 is 16.2 Å². The number of sulfone groups is 1. The van der Waals surface area contributed by atoms with Crippen molar-refractivity contribution in [1.82, 2.24) is 0 Å². The Bertz CT molecular complexity index is 554. The molecule has 1 amide bonds. The highest BCUT2D eigenvalue weighted by Gasteiger charge is 2.16. The van der Waals surface area contributed by atoms with Crippen molar-refractivity contribution in [3.8, 4) is 0 Å². The lowest BCUT2D eigenvalue weighted by Crippen LogP contribution is -2.17. The summed E-state index contributed by atoms with van der Waals surface area (Å²) in [4.78, 5) is 10.7. The monoisotopic (exact) mass is 272 g/mol. The molecule has 0 aliphatic heterocycles. The zero-order valence-electron chi connectivity index (χ0n) is 10.2. The first-order valence-electron chi connectivity index (χ1n) is 5.21. The minimum absolute atomic E-state index is 0.167. The van der Waals surface area contributed by atoms with Gasteiger partial charge in [0.25, 0.3) is 0 Å². The summed E-state index contributed by atoms with van der Waals surface area (Å²) in [6.45, 7) is 1.61. The number of carbonyl (C=O) groups excluding carboxylic acids is 1. The van der Waals surface area contributed by atoms with Crippen LogP contribution in [0, 0.1) is 0 Å². The van der Waals surface area contributed by atoms with Gasteiger partial charge in [-0.25, -0.2) is 13.2 Å². The molecule has 1 aromatic carbocycles. The fourth-order valence-electron chi connectivity index (χ4n) is 1.67.